The number of piperazine rings is 1. The lowest BCUT2D eigenvalue weighted by atomic mass is 10.1. The minimum atomic E-state index is -4.52. The fourth-order valence-corrected chi connectivity index (χ4v) is 3.89. The van der Waals surface area contributed by atoms with Gasteiger partial charge in [0.2, 0.25) is 0 Å². The standard InChI is InChI=1S/C22H18ClF3N2O3/c1-13-16-6-3-7-17(23)19(16)31-18(13)21(30)28-10-8-27(9-11-28)20(29)14-4-2-5-15(12-14)22(24,25)26/h2-7,12H,8-11H2,1H3. The van der Waals surface area contributed by atoms with E-state index in [2.05, 4.69) is 0 Å². The van der Waals surface area contributed by atoms with Gasteiger partial charge in [0, 0.05) is 42.7 Å². The number of rotatable bonds is 2. The Morgan fingerprint density at radius 2 is 1.58 bits per heavy atom. The fraction of sp³-hybridized carbons (Fsp3) is 0.273. The Morgan fingerprint density at radius 3 is 2.19 bits per heavy atom. The molecule has 9 heteroatoms. The number of alkyl halides is 3. The van der Waals surface area contributed by atoms with Gasteiger partial charge in [0.25, 0.3) is 11.8 Å². The summed E-state index contributed by atoms with van der Waals surface area (Å²) in [5.74, 6) is -0.610. The second kappa shape index (κ2) is 7.92. The first kappa shape index (κ1) is 21.2. The molecule has 1 aliphatic heterocycles. The number of fused-ring (bicyclic) bond motifs is 1. The maximum atomic E-state index is 13.0. The highest BCUT2D eigenvalue weighted by Crippen LogP contribution is 2.32. The largest absolute Gasteiger partial charge is 0.449 e. The third-order valence-corrected chi connectivity index (χ3v) is 5.70. The highest BCUT2D eigenvalue weighted by Gasteiger charge is 2.32. The maximum absolute atomic E-state index is 13.0. The number of halogens is 4. The van der Waals surface area contributed by atoms with Crippen molar-refractivity contribution < 1.29 is 27.2 Å². The molecular formula is C22H18ClF3N2O3. The molecule has 0 aliphatic carbocycles. The number of furan rings is 1. The third-order valence-electron chi connectivity index (χ3n) is 5.40. The molecule has 0 unspecified atom stereocenters. The van der Waals surface area contributed by atoms with Crippen molar-refractivity contribution in [2.45, 2.75) is 13.1 Å². The Balaban J connectivity index is 1.47. The molecule has 0 bridgehead atoms. The molecule has 2 aromatic carbocycles. The molecule has 0 atom stereocenters. The number of hydrogen-bond acceptors (Lipinski definition) is 3. The van der Waals surface area contributed by atoms with Gasteiger partial charge in [-0.2, -0.15) is 13.2 Å². The number of carbonyl (C=O) groups is 2. The fourth-order valence-electron chi connectivity index (χ4n) is 3.68. The molecular weight excluding hydrogens is 433 g/mol. The summed E-state index contributed by atoms with van der Waals surface area (Å²) in [6.45, 7) is 2.69. The van der Waals surface area contributed by atoms with Crippen molar-refractivity contribution in [1.82, 2.24) is 9.80 Å². The van der Waals surface area contributed by atoms with Gasteiger partial charge in [0.05, 0.1) is 10.6 Å². The van der Waals surface area contributed by atoms with Crippen LogP contribution in [0.25, 0.3) is 11.0 Å². The van der Waals surface area contributed by atoms with E-state index < -0.39 is 17.6 Å². The zero-order valence-corrected chi connectivity index (χ0v) is 17.3. The lowest BCUT2D eigenvalue weighted by Crippen LogP contribution is -2.50. The van der Waals surface area contributed by atoms with Crippen LogP contribution in [-0.2, 0) is 6.18 Å². The summed E-state index contributed by atoms with van der Waals surface area (Å²) in [6.07, 6.45) is -4.52. The smallest absolute Gasteiger partial charge is 0.416 e. The van der Waals surface area contributed by atoms with Crippen molar-refractivity contribution in [3.63, 3.8) is 0 Å². The molecule has 0 N–H and O–H groups in total. The zero-order chi connectivity index (χ0) is 22.3. The molecule has 3 aromatic rings. The van der Waals surface area contributed by atoms with Crippen LogP contribution in [0.1, 0.15) is 32.0 Å². The predicted molar refractivity (Wildman–Crippen MR) is 109 cm³/mol. The van der Waals surface area contributed by atoms with Gasteiger partial charge >= 0.3 is 6.18 Å². The van der Waals surface area contributed by atoms with Crippen LogP contribution in [0.4, 0.5) is 13.2 Å². The van der Waals surface area contributed by atoms with Gasteiger partial charge in [0.1, 0.15) is 0 Å². The molecule has 4 rings (SSSR count). The average Bonchev–Trinajstić information content (AvgIpc) is 3.10. The quantitative estimate of drug-likeness (QED) is 0.551. The second-order valence-electron chi connectivity index (χ2n) is 7.34. The van der Waals surface area contributed by atoms with E-state index in [0.29, 0.717) is 16.2 Å². The summed E-state index contributed by atoms with van der Waals surface area (Å²) in [6, 6.07) is 9.62. The summed E-state index contributed by atoms with van der Waals surface area (Å²) in [4.78, 5) is 28.6. The molecule has 0 spiro atoms. The van der Waals surface area contributed by atoms with Crippen LogP contribution < -0.4 is 0 Å². The monoisotopic (exact) mass is 450 g/mol. The Kier molecular flexibility index (Phi) is 5.43. The summed E-state index contributed by atoms with van der Waals surface area (Å²) >= 11 is 6.15. The Labute approximate surface area is 181 Å². The Bertz CT molecular complexity index is 1160. The first-order valence-corrected chi connectivity index (χ1v) is 9.98. The normalized spacial score (nSPS) is 14.9. The first-order valence-electron chi connectivity index (χ1n) is 9.60. The first-order chi connectivity index (χ1) is 14.7. The summed E-state index contributed by atoms with van der Waals surface area (Å²) in [7, 11) is 0. The summed E-state index contributed by atoms with van der Waals surface area (Å²) in [5.41, 5.74) is 0.233. The molecule has 1 aliphatic rings. The summed E-state index contributed by atoms with van der Waals surface area (Å²) < 4.78 is 44.5. The van der Waals surface area contributed by atoms with Crippen LogP contribution in [0.15, 0.2) is 46.9 Å². The average molecular weight is 451 g/mol. The number of nitrogens with zero attached hydrogens (tertiary/aromatic N) is 2. The summed E-state index contributed by atoms with van der Waals surface area (Å²) in [5, 5.41) is 1.17. The van der Waals surface area contributed by atoms with Crippen LogP contribution in [-0.4, -0.2) is 47.8 Å². The van der Waals surface area contributed by atoms with Gasteiger partial charge in [-0.25, -0.2) is 0 Å². The number of benzene rings is 2. The van der Waals surface area contributed by atoms with Gasteiger partial charge < -0.3 is 14.2 Å². The Hall–Kier alpha value is -3.00. The maximum Gasteiger partial charge on any atom is 0.416 e. The van der Waals surface area contributed by atoms with E-state index in [0.717, 1.165) is 17.5 Å². The lowest BCUT2D eigenvalue weighted by molar-refractivity contribution is -0.137. The van der Waals surface area contributed by atoms with Gasteiger partial charge in [-0.15, -0.1) is 0 Å². The molecule has 162 valence electrons. The SMILES string of the molecule is Cc1c(C(=O)N2CCN(C(=O)c3cccc(C(F)(F)F)c3)CC2)oc2c(Cl)cccc12. The third kappa shape index (κ3) is 3.99. The molecule has 0 radical (unpaired) electrons. The van der Waals surface area contributed by atoms with Gasteiger partial charge in [-0.1, -0.05) is 29.8 Å². The van der Waals surface area contributed by atoms with Crippen LogP contribution in [0, 0.1) is 6.92 Å². The van der Waals surface area contributed by atoms with E-state index in [1.807, 2.05) is 6.07 Å². The number of aryl methyl sites for hydroxylation is 1. The van der Waals surface area contributed by atoms with E-state index >= 15 is 0 Å². The predicted octanol–water partition coefficient (Wildman–Crippen LogP) is 5.01. The van der Waals surface area contributed by atoms with Gasteiger partial charge in [-0.3, -0.25) is 9.59 Å². The minimum Gasteiger partial charge on any atom is -0.449 e. The molecule has 2 amide bonds. The van der Waals surface area contributed by atoms with Crippen LogP contribution >= 0.6 is 11.6 Å². The van der Waals surface area contributed by atoms with Crippen molar-refractivity contribution in [3.05, 3.63) is 69.9 Å². The number of carbonyl (C=O) groups excluding carboxylic acids is 2. The van der Waals surface area contributed by atoms with Crippen LogP contribution in [0.2, 0.25) is 5.02 Å². The van der Waals surface area contributed by atoms with E-state index in [1.165, 1.54) is 17.0 Å². The molecule has 5 nitrogen and oxygen atoms in total. The molecule has 2 heterocycles. The van der Waals surface area contributed by atoms with Crippen LogP contribution in [0.5, 0.6) is 0 Å². The highest BCUT2D eigenvalue weighted by atomic mass is 35.5. The molecule has 1 aromatic heterocycles. The van der Waals surface area contributed by atoms with Gasteiger partial charge in [-0.05, 0) is 31.2 Å². The number of hydrogen-bond donors (Lipinski definition) is 0. The van der Waals surface area contributed by atoms with Crippen molar-refractivity contribution in [2.75, 3.05) is 26.2 Å². The van der Waals surface area contributed by atoms with Gasteiger partial charge in [0.15, 0.2) is 11.3 Å². The van der Waals surface area contributed by atoms with Crippen molar-refractivity contribution >= 4 is 34.4 Å². The van der Waals surface area contributed by atoms with Crippen molar-refractivity contribution in [3.8, 4) is 0 Å². The van der Waals surface area contributed by atoms with Crippen LogP contribution in [0.3, 0.4) is 0 Å². The van der Waals surface area contributed by atoms with Crippen molar-refractivity contribution in [1.29, 1.82) is 0 Å². The zero-order valence-electron chi connectivity index (χ0n) is 16.5. The molecule has 1 fully saturated rings. The number of amides is 2. The number of para-hydroxylation sites is 1. The molecule has 0 saturated carbocycles. The lowest BCUT2D eigenvalue weighted by Gasteiger charge is -2.34. The van der Waals surface area contributed by atoms with E-state index in [-0.39, 0.29) is 43.4 Å². The van der Waals surface area contributed by atoms with E-state index in [4.69, 9.17) is 16.0 Å². The molecule has 1 saturated heterocycles. The highest BCUT2D eigenvalue weighted by molar-refractivity contribution is 6.35. The van der Waals surface area contributed by atoms with Crippen molar-refractivity contribution in [2.24, 2.45) is 0 Å². The van der Waals surface area contributed by atoms with E-state index in [1.54, 1.807) is 24.0 Å². The molecule has 31 heavy (non-hydrogen) atoms. The van der Waals surface area contributed by atoms with E-state index in [9.17, 15) is 22.8 Å². The Morgan fingerprint density at radius 1 is 0.968 bits per heavy atom. The minimum absolute atomic E-state index is 0.0302. The second-order valence-corrected chi connectivity index (χ2v) is 7.74. The topological polar surface area (TPSA) is 53.8 Å².